The number of alkyl halides is 2. The maximum atomic E-state index is 5.91. The van der Waals surface area contributed by atoms with Crippen LogP contribution in [-0.4, -0.2) is 31.8 Å². The van der Waals surface area contributed by atoms with Crippen LogP contribution in [0.15, 0.2) is 18.6 Å². The second kappa shape index (κ2) is 4.70. The number of nitrogens with zero attached hydrogens (tertiary/aromatic N) is 3. The number of imidazole rings is 1. The van der Waals surface area contributed by atoms with Crippen LogP contribution in [-0.2, 0) is 7.05 Å². The van der Waals surface area contributed by atoms with Gasteiger partial charge in [-0.15, -0.1) is 23.2 Å². The minimum absolute atomic E-state index is 0.387. The van der Waals surface area contributed by atoms with E-state index < -0.39 is 0 Å². The van der Waals surface area contributed by atoms with Gasteiger partial charge in [-0.2, -0.15) is 0 Å². The van der Waals surface area contributed by atoms with Crippen molar-refractivity contribution in [1.82, 2.24) is 14.5 Å². The Balaban J connectivity index is 2.42. The highest BCUT2D eigenvalue weighted by Gasteiger charge is 2.23. The standard InChI is InChI=1S/C11H14Cl2N4/c1-11(5-12,6-13)16-10-9-8(3-4-14-10)17(2)7-15-9/h3-4,7H,5-6H2,1-2H3,(H,14,16). The van der Waals surface area contributed by atoms with Gasteiger partial charge >= 0.3 is 0 Å². The van der Waals surface area contributed by atoms with E-state index in [0.29, 0.717) is 17.6 Å². The molecule has 17 heavy (non-hydrogen) atoms. The Morgan fingerprint density at radius 3 is 2.71 bits per heavy atom. The molecule has 2 aromatic heterocycles. The third-order valence-electron chi connectivity index (χ3n) is 2.65. The first-order valence-electron chi connectivity index (χ1n) is 5.26. The Hall–Kier alpha value is -1.00. The molecule has 0 radical (unpaired) electrons. The van der Waals surface area contributed by atoms with Crippen LogP contribution in [0, 0.1) is 0 Å². The molecule has 2 heterocycles. The number of anilines is 1. The van der Waals surface area contributed by atoms with Gasteiger partial charge in [0, 0.05) is 25.0 Å². The maximum absolute atomic E-state index is 5.91. The van der Waals surface area contributed by atoms with E-state index in [2.05, 4.69) is 15.3 Å². The number of rotatable bonds is 4. The van der Waals surface area contributed by atoms with E-state index in [4.69, 9.17) is 23.2 Å². The van der Waals surface area contributed by atoms with Crippen molar-refractivity contribution in [2.24, 2.45) is 7.05 Å². The van der Waals surface area contributed by atoms with Crippen molar-refractivity contribution in [1.29, 1.82) is 0 Å². The summed E-state index contributed by atoms with van der Waals surface area (Å²) in [6.07, 6.45) is 3.51. The summed E-state index contributed by atoms with van der Waals surface area (Å²) in [4.78, 5) is 8.62. The normalized spacial score (nSPS) is 12.0. The lowest BCUT2D eigenvalue weighted by molar-refractivity contribution is 0.646. The summed E-state index contributed by atoms with van der Waals surface area (Å²) in [5.41, 5.74) is 1.47. The molecule has 92 valence electrons. The molecule has 0 saturated carbocycles. The zero-order valence-electron chi connectivity index (χ0n) is 9.74. The van der Waals surface area contributed by atoms with Crippen LogP contribution in [0.2, 0.25) is 0 Å². The predicted molar refractivity (Wildman–Crippen MR) is 72.0 cm³/mol. The maximum Gasteiger partial charge on any atom is 0.154 e. The SMILES string of the molecule is Cn1cnc2c(NC(C)(CCl)CCl)nccc21. The first kappa shape index (κ1) is 12.5. The number of pyridine rings is 1. The Labute approximate surface area is 110 Å². The van der Waals surface area contributed by atoms with E-state index in [1.54, 1.807) is 12.5 Å². The van der Waals surface area contributed by atoms with Crippen LogP contribution in [0.25, 0.3) is 11.0 Å². The third kappa shape index (κ3) is 2.33. The highest BCUT2D eigenvalue weighted by Crippen LogP contribution is 2.23. The lowest BCUT2D eigenvalue weighted by Crippen LogP contribution is -2.39. The molecule has 1 N–H and O–H groups in total. The number of fused-ring (bicyclic) bond motifs is 1. The van der Waals surface area contributed by atoms with Crippen molar-refractivity contribution in [3.63, 3.8) is 0 Å². The highest BCUT2D eigenvalue weighted by atomic mass is 35.5. The van der Waals surface area contributed by atoms with Crippen LogP contribution < -0.4 is 5.32 Å². The van der Waals surface area contributed by atoms with Crippen LogP contribution >= 0.6 is 23.2 Å². The van der Waals surface area contributed by atoms with Gasteiger partial charge in [0.15, 0.2) is 5.82 Å². The smallest absolute Gasteiger partial charge is 0.154 e. The van der Waals surface area contributed by atoms with Crippen molar-refractivity contribution in [2.45, 2.75) is 12.5 Å². The van der Waals surface area contributed by atoms with Crippen LogP contribution in [0.1, 0.15) is 6.92 Å². The first-order chi connectivity index (χ1) is 8.09. The zero-order chi connectivity index (χ0) is 12.5. The summed E-state index contributed by atoms with van der Waals surface area (Å²) in [7, 11) is 1.95. The Morgan fingerprint density at radius 2 is 2.06 bits per heavy atom. The van der Waals surface area contributed by atoms with Gasteiger partial charge in [-0.1, -0.05) is 0 Å². The second-order valence-corrected chi connectivity index (χ2v) is 4.87. The van der Waals surface area contributed by atoms with E-state index in [1.165, 1.54) is 0 Å². The van der Waals surface area contributed by atoms with Gasteiger partial charge in [0.05, 0.1) is 17.4 Å². The van der Waals surface area contributed by atoms with Gasteiger partial charge in [0.1, 0.15) is 5.52 Å². The zero-order valence-corrected chi connectivity index (χ0v) is 11.3. The Bertz CT molecular complexity index is 519. The number of hydrogen-bond acceptors (Lipinski definition) is 3. The molecule has 0 fully saturated rings. The van der Waals surface area contributed by atoms with Gasteiger partial charge in [-0.25, -0.2) is 9.97 Å². The minimum Gasteiger partial charge on any atom is -0.361 e. The predicted octanol–water partition coefficient (Wildman–Crippen LogP) is 2.62. The fourth-order valence-electron chi connectivity index (χ4n) is 1.54. The van der Waals surface area contributed by atoms with Crippen molar-refractivity contribution < 1.29 is 0 Å². The first-order valence-corrected chi connectivity index (χ1v) is 6.33. The van der Waals surface area contributed by atoms with E-state index >= 15 is 0 Å². The molecular formula is C11H14Cl2N4. The van der Waals surface area contributed by atoms with Crippen molar-refractivity contribution in [3.05, 3.63) is 18.6 Å². The average molecular weight is 273 g/mol. The number of aromatic nitrogens is 3. The molecule has 4 nitrogen and oxygen atoms in total. The summed E-state index contributed by atoms with van der Waals surface area (Å²) in [6, 6.07) is 1.92. The van der Waals surface area contributed by atoms with Gasteiger partial charge < -0.3 is 9.88 Å². The topological polar surface area (TPSA) is 42.7 Å². The molecule has 0 unspecified atom stereocenters. The molecule has 0 bridgehead atoms. The fourth-order valence-corrected chi connectivity index (χ4v) is 1.96. The van der Waals surface area contributed by atoms with Crippen molar-refractivity contribution >= 4 is 40.1 Å². The Morgan fingerprint density at radius 1 is 1.35 bits per heavy atom. The van der Waals surface area contributed by atoms with Gasteiger partial charge in [-0.05, 0) is 13.0 Å². The summed E-state index contributed by atoms with van der Waals surface area (Å²) >= 11 is 11.8. The quantitative estimate of drug-likeness (QED) is 0.871. The molecule has 0 aliphatic rings. The number of hydrogen-bond donors (Lipinski definition) is 1. The lowest BCUT2D eigenvalue weighted by Gasteiger charge is -2.26. The molecule has 2 aromatic rings. The molecule has 2 rings (SSSR count). The van der Waals surface area contributed by atoms with Crippen molar-refractivity contribution in [3.8, 4) is 0 Å². The van der Waals surface area contributed by atoms with E-state index in [-0.39, 0.29) is 5.54 Å². The monoisotopic (exact) mass is 272 g/mol. The molecule has 0 amide bonds. The number of aryl methyl sites for hydroxylation is 1. The van der Waals surface area contributed by atoms with Crippen LogP contribution in [0.5, 0.6) is 0 Å². The third-order valence-corrected chi connectivity index (χ3v) is 3.83. The molecule has 0 atom stereocenters. The summed E-state index contributed by atoms with van der Waals surface area (Å²) in [5.74, 6) is 1.52. The summed E-state index contributed by atoms with van der Waals surface area (Å²) < 4.78 is 1.95. The lowest BCUT2D eigenvalue weighted by atomic mass is 10.1. The fraction of sp³-hybridized carbons (Fsp3) is 0.455. The number of halogens is 2. The van der Waals surface area contributed by atoms with E-state index in [0.717, 1.165) is 11.0 Å². The molecule has 0 aliphatic carbocycles. The minimum atomic E-state index is -0.387. The van der Waals surface area contributed by atoms with Crippen LogP contribution in [0.4, 0.5) is 5.82 Å². The summed E-state index contributed by atoms with van der Waals surface area (Å²) in [6.45, 7) is 1.95. The summed E-state index contributed by atoms with van der Waals surface area (Å²) in [5, 5.41) is 3.26. The highest BCUT2D eigenvalue weighted by molar-refractivity contribution is 6.22. The van der Waals surface area contributed by atoms with Gasteiger partial charge in [-0.3, -0.25) is 0 Å². The van der Waals surface area contributed by atoms with Crippen LogP contribution in [0.3, 0.4) is 0 Å². The van der Waals surface area contributed by atoms with E-state index in [9.17, 15) is 0 Å². The van der Waals surface area contributed by atoms with Gasteiger partial charge in [0.2, 0.25) is 0 Å². The second-order valence-electron chi connectivity index (χ2n) is 4.34. The average Bonchev–Trinajstić information content (AvgIpc) is 2.72. The molecule has 0 aromatic carbocycles. The molecule has 0 spiro atoms. The molecule has 6 heteroatoms. The molecule has 0 saturated heterocycles. The van der Waals surface area contributed by atoms with Gasteiger partial charge in [0.25, 0.3) is 0 Å². The Kier molecular flexibility index (Phi) is 3.45. The number of nitrogens with one attached hydrogen (secondary N) is 1. The van der Waals surface area contributed by atoms with Crippen molar-refractivity contribution in [2.75, 3.05) is 17.1 Å². The molecular weight excluding hydrogens is 259 g/mol. The molecule has 0 aliphatic heterocycles. The largest absolute Gasteiger partial charge is 0.361 e. The van der Waals surface area contributed by atoms with E-state index in [1.807, 2.05) is 24.6 Å².